The molecule has 0 radical (unpaired) electrons. The van der Waals surface area contributed by atoms with E-state index in [1.165, 1.54) is 0 Å². The fraction of sp³-hybridized carbons (Fsp3) is 0.125. The van der Waals surface area contributed by atoms with Crippen LogP contribution in [0.5, 0.6) is 0 Å². The largest absolute Gasteiger partial charge is 0.395 e. The van der Waals surface area contributed by atoms with Crippen molar-refractivity contribution >= 4 is 23.3 Å². The third kappa shape index (κ3) is 4.60. The number of carbonyl (C=O) groups is 1. The van der Waals surface area contributed by atoms with Gasteiger partial charge in [-0.2, -0.15) is 0 Å². The average Bonchev–Trinajstić information content (AvgIpc) is 2.48. The van der Waals surface area contributed by atoms with E-state index >= 15 is 0 Å². The highest BCUT2D eigenvalue weighted by Crippen LogP contribution is 2.12. The zero-order valence-corrected chi connectivity index (χ0v) is 11.9. The van der Waals surface area contributed by atoms with Crippen LogP contribution in [0.2, 0.25) is 5.02 Å². The van der Waals surface area contributed by atoms with Crippen molar-refractivity contribution in [1.82, 2.24) is 4.98 Å². The van der Waals surface area contributed by atoms with Crippen LogP contribution >= 0.6 is 11.6 Å². The molecule has 21 heavy (non-hydrogen) atoms. The molecule has 0 bridgehead atoms. The summed E-state index contributed by atoms with van der Waals surface area (Å²) in [5.74, 6) is 5.86. The van der Waals surface area contributed by atoms with Crippen molar-refractivity contribution in [3.8, 4) is 11.8 Å². The number of aliphatic hydroxyl groups excluding tert-OH is 1. The van der Waals surface area contributed by atoms with Gasteiger partial charge < -0.3 is 10.4 Å². The van der Waals surface area contributed by atoms with Gasteiger partial charge in [0.05, 0.1) is 6.61 Å². The van der Waals surface area contributed by atoms with Crippen molar-refractivity contribution in [3.63, 3.8) is 0 Å². The summed E-state index contributed by atoms with van der Waals surface area (Å²) in [6.07, 6.45) is 1.98. The first kappa shape index (κ1) is 15.0. The van der Waals surface area contributed by atoms with E-state index in [0.29, 0.717) is 22.8 Å². The van der Waals surface area contributed by atoms with Gasteiger partial charge >= 0.3 is 0 Å². The lowest BCUT2D eigenvalue weighted by atomic mass is 10.2. The number of halogens is 1. The van der Waals surface area contributed by atoms with Gasteiger partial charge in [0.15, 0.2) is 0 Å². The molecule has 2 rings (SSSR count). The van der Waals surface area contributed by atoms with Crippen molar-refractivity contribution in [1.29, 1.82) is 0 Å². The number of hydrogen-bond donors (Lipinski definition) is 2. The van der Waals surface area contributed by atoms with Gasteiger partial charge in [0.2, 0.25) is 0 Å². The third-order valence-electron chi connectivity index (χ3n) is 2.58. The van der Waals surface area contributed by atoms with E-state index in [9.17, 15) is 4.79 Å². The van der Waals surface area contributed by atoms with Gasteiger partial charge in [0.25, 0.3) is 5.91 Å². The lowest BCUT2D eigenvalue weighted by Gasteiger charge is -2.04. The van der Waals surface area contributed by atoms with Crippen LogP contribution in [0.15, 0.2) is 42.6 Å². The molecule has 4 nitrogen and oxygen atoms in total. The molecule has 0 unspecified atom stereocenters. The van der Waals surface area contributed by atoms with Gasteiger partial charge in [-0.05, 0) is 36.4 Å². The van der Waals surface area contributed by atoms with Gasteiger partial charge in [0.1, 0.15) is 5.82 Å². The molecule has 0 atom stereocenters. The van der Waals surface area contributed by atoms with Gasteiger partial charge in [-0.3, -0.25) is 4.79 Å². The highest BCUT2D eigenvalue weighted by Gasteiger charge is 2.06. The Morgan fingerprint density at radius 2 is 2.05 bits per heavy atom. The van der Waals surface area contributed by atoms with Crippen molar-refractivity contribution in [2.75, 3.05) is 11.9 Å². The first-order valence-electron chi connectivity index (χ1n) is 6.32. The van der Waals surface area contributed by atoms with Gasteiger partial charge in [-0.25, -0.2) is 4.98 Å². The van der Waals surface area contributed by atoms with Crippen LogP contribution in [0, 0.1) is 11.8 Å². The maximum atomic E-state index is 12.0. The Kier molecular flexibility index (Phi) is 5.33. The predicted molar refractivity (Wildman–Crippen MR) is 82.2 cm³/mol. The Bertz CT molecular complexity index is 687. The maximum Gasteiger partial charge on any atom is 0.256 e. The van der Waals surface area contributed by atoms with Gasteiger partial charge in [0, 0.05) is 28.8 Å². The van der Waals surface area contributed by atoms with Crippen LogP contribution in [0.3, 0.4) is 0 Å². The number of rotatable bonds is 3. The summed E-state index contributed by atoms with van der Waals surface area (Å²) in [4.78, 5) is 16.1. The molecule has 5 heteroatoms. The Labute approximate surface area is 127 Å². The lowest BCUT2D eigenvalue weighted by molar-refractivity contribution is 0.102. The van der Waals surface area contributed by atoms with E-state index < -0.39 is 0 Å². The molecule has 1 heterocycles. The molecule has 2 aromatic rings. The predicted octanol–water partition coefficient (Wildman–Crippen LogP) is 2.72. The number of hydrogen-bond acceptors (Lipinski definition) is 3. The molecule has 0 aliphatic heterocycles. The summed E-state index contributed by atoms with van der Waals surface area (Å²) in [5, 5.41) is 12.0. The zero-order chi connectivity index (χ0) is 15.1. The molecule has 1 aromatic carbocycles. The van der Waals surface area contributed by atoms with Gasteiger partial charge in [-0.15, -0.1) is 0 Å². The molecule has 106 valence electrons. The lowest BCUT2D eigenvalue weighted by Crippen LogP contribution is -2.12. The second-order valence-electron chi connectivity index (χ2n) is 4.17. The maximum absolute atomic E-state index is 12.0. The van der Waals surface area contributed by atoms with E-state index in [1.54, 1.807) is 42.6 Å². The third-order valence-corrected chi connectivity index (χ3v) is 2.83. The number of aromatic nitrogens is 1. The van der Waals surface area contributed by atoms with Crippen LogP contribution in [-0.4, -0.2) is 22.6 Å². The standard InChI is InChI=1S/C16H13ClN2O2/c17-14-6-4-13(5-7-14)16(21)19-15-11-12(8-9-18-15)3-1-2-10-20/h4-9,11,20H,2,10H2,(H,18,19,21). The molecule has 0 spiro atoms. The number of amides is 1. The summed E-state index contributed by atoms with van der Waals surface area (Å²) < 4.78 is 0. The Hall–Kier alpha value is -2.35. The smallest absolute Gasteiger partial charge is 0.256 e. The number of aliphatic hydroxyl groups is 1. The van der Waals surface area contributed by atoms with Crippen LogP contribution in [0.25, 0.3) is 0 Å². The first-order valence-corrected chi connectivity index (χ1v) is 6.69. The van der Waals surface area contributed by atoms with Crippen molar-refractivity contribution < 1.29 is 9.90 Å². The molecule has 0 saturated carbocycles. The first-order chi connectivity index (χ1) is 10.2. The Balaban J connectivity index is 2.09. The second kappa shape index (κ2) is 7.44. The average molecular weight is 301 g/mol. The SMILES string of the molecule is O=C(Nc1cc(C#CCCO)ccn1)c1ccc(Cl)cc1. The van der Waals surface area contributed by atoms with E-state index in [2.05, 4.69) is 22.1 Å². The Morgan fingerprint density at radius 1 is 1.29 bits per heavy atom. The van der Waals surface area contributed by atoms with Crippen LogP contribution < -0.4 is 5.32 Å². The van der Waals surface area contributed by atoms with Crippen LogP contribution in [0.4, 0.5) is 5.82 Å². The highest BCUT2D eigenvalue weighted by atomic mass is 35.5. The molecule has 2 N–H and O–H groups in total. The molecule has 1 aromatic heterocycles. The normalized spacial score (nSPS) is 9.62. The zero-order valence-electron chi connectivity index (χ0n) is 11.1. The van der Waals surface area contributed by atoms with E-state index in [0.717, 1.165) is 5.56 Å². The minimum absolute atomic E-state index is 0.0260. The molecular formula is C16H13ClN2O2. The number of nitrogens with zero attached hydrogens (tertiary/aromatic N) is 1. The highest BCUT2D eigenvalue weighted by molar-refractivity contribution is 6.30. The van der Waals surface area contributed by atoms with Crippen LogP contribution in [0.1, 0.15) is 22.3 Å². The second-order valence-corrected chi connectivity index (χ2v) is 4.60. The van der Waals surface area contributed by atoms with Gasteiger partial charge in [-0.1, -0.05) is 23.4 Å². The summed E-state index contributed by atoms with van der Waals surface area (Å²) in [6.45, 7) is 0.0260. The number of nitrogens with one attached hydrogen (secondary N) is 1. The summed E-state index contributed by atoms with van der Waals surface area (Å²) >= 11 is 5.78. The topological polar surface area (TPSA) is 62.2 Å². The number of carbonyl (C=O) groups excluding carboxylic acids is 1. The van der Waals surface area contributed by atoms with Crippen molar-refractivity contribution in [2.24, 2.45) is 0 Å². The molecule has 0 aliphatic rings. The van der Waals surface area contributed by atoms with Crippen molar-refractivity contribution in [2.45, 2.75) is 6.42 Å². The monoisotopic (exact) mass is 300 g/mol. The van der Waals surface area contributed by atoms with E-state index in [1.807, 2.05) is 0 Å². The minimum atomic E-state index is -0.264. The molecule has 1 amide bonds. The fourth-order valence-corrected chi connectivity index (χ4v) is 1.71. The quantitative estimate of drug-likeness (QED) is 0.857. The van der Waals surface area contributed by atoms with Crippen LogP contribution in [-0.2, 0) is 0 Å². The van der Waals surface area contributed by atoms with E-state index in [-0.39, 0.29) is 12.5 Å². The number of benzene rings is 1. The Morgan fingerprint density at radius 3 is 2.76 bits per heavy atom. The summed E-state index contributed by atoms with van der Waals surface area (Å²) in [7, 11) is 0. The summed E-state index contributed by atoms with van der Waals surface area (Å²) in [6, 6.07) is 10.0. The summed E-state index contributed by atoms with van der Waals surface area (Å²) in [5.41, 5.74) is 1.22. The van der Waals surface area contributed by atoms with E-state index in [4.69, 9.17) is 16.7 Å². The minimum Gasteiger partial charge on any atom is -0.395 e. The fourth-order valence-electron chi connectivity index (χ4n) is 1.59. The number of anilines is 1. The number of pyridine rings is 1. The molecule has 0 aliphatic carbocycles. The van der Waals surface area contributed by atoms with Crippen molar-refractivity contribution in [3.05, 3.63) is 58.7 Å². The molecule has 0 saturated heterocycles. The molecular weight excluding hydrogens is 288 g/mol. The molecule has 0 fully saturated rings.